The normalized spacial score (nSPS) is 17.0. The van der Waals surface area contributed by atoms with Crippen molar-refractivity contribution in [1.82, 2.24) is 10.3 Å². The molecule has 1 aliphatic carbocycles. The number of hydrogen-bond donors (Lipinski definition) is 2. The fourth-order valence-electron chi connectivity index (χ4n) is 5.12. The summed E-state index contributed by atoms with van der Waals surface area (Å²) in [5.41, 5.74) is 5.56. The third-order valence-electron chi connectivity index (χ3n) is 6.94. The van der Waals surface area contributed by atoms with E-state index in [2.05, 4.69) is 15.6 Å². The van der Waals surface area contributed by atoms with Crippen LogP contribution in [0, 0.1) is 6.92 Å². The second-order valence-electron chi connectivity index (χ2n) is 9.62. The highest BCUT2D eigenvalue weighted by Crippen LogP contribution is 2.44. The minimum atomic E-state index is -0.541. The van der Waals surface area contributed by atoms with Crippen molar-refractivity contribution in [3.63, 3.8) is 0 Å². The zero-order valence-corrected chi connectivity index (χ0v) is 21.8. The summed E-state index contributed by atoms with van der Waals surface area (Å²) in [6.45, 7) is 4.22. The van der Waals surface area contributed by atoms with E-state index >= 15 is 0 Å². The molecule has 1 unspecified atom stereocenters. The molecule has 194 valence electrons. The first kappa shape index (κ1) is 25.3. The van der Waals surface area contributed by atoms with Crippen LogP contribution in [0.3, 0.4) is 0 Å². The molecule has 0 radical (unpaired) electrons. The maximum absolute atomic E-state index is 13.7. The van der Waals surface area contributed by atoms with E-state index in [4.69, 9.17) is 9.47 Å². The van der Waals surface area contributed by atoms with Gasteiger partial charge in [-0.05, 0) is 67.6 Å². The highest BCUT2D eigenvalue weighted by Gasteiger charge is 2.38. The van der Waals surface area contributed by atoms with Gasteiger partial charge in [-0.15, -0.1) is 0 Å². The number of benzene rings is 2. The van der Waals surface area contributed by atoms with Crippen molar-refractivity contribution in [1.29, 1.82) is 0 Å². The number of carbonyl (C=O) groups is 2. The average molecular weight is 510 g/mol. The number of nitrogens with one attached hydrogen (secondary N) is 2. The Morgan fingerprint density at radius 3 is 2.63 bits per heavy atom. The molecule has 2 aliphatic rings. The van der Waals surface area contributed by atoms with Crippen LogP contribution in [-0.4, -0.2) is 23.8 Å². The Morgan fingerprint density at radius 1 is 1.05 bits per heavy atom. The molecule has 1 amide bonds. The lowest BCUT2D eigenvalue weighted by Gasteiger charge is -2.34. The van der Waals surface area contributed by atoms with E-state index in [-0.39, 0.29) is 11.7 Å². The van der Waals surface area contributed by atoms with Crippen LogP contribution in [0.5, 0.6) is 11.5 Å². The quantitative estimate of drug-likeness (QED) is 0.432. The van der Waals surface area contributed by atoms with Gasteiger partial charge in [-0.2, -0.15) is 0 Å². The van der Waals surface area contributed by atoms with Crippen molar-refractivity contribution in [2.24, 2.45) is 0 Å². The summed E-state index contributed by atoms with van der Waals surface area (Å²) >= 11 is 0. The molecule has 3 aromatic rings. The molecule has 7 nitrogen and oxygen atoms in total. The third kappa shape index (κ3) is 5.18. The average Bonchev–Trinajstić information content (AvgIpc) is 2.91. The van der Waals surface area contributed by atoms with Crippen molar-refractivity contribution < 1.29 is 19.1 Å². The molecule has 2 heterocycles. The number of pyridine rings is 1. The van der Waals surface area contributed by atoms with Gasteiger partial charge in [-0.1, -0.05) is 36.4 Å². The zero-order chi connectivity index (χ0) is 26.6. The maximum Gasteiger partial charge on any atom is 0.255 e. The van der Waals surface area contributed by atoms with E-state index in [1.54, 1.807) is 13.3 Å². The van der Waals surface area contributed by atoms with Gasteiger partial charge in [-0.25, -0.2) is 4.98 Å². The van der Waals surface area contributed by atoms with Crippen LogP contribution < -0.4 is 20.1 Å². The highest BCUT2D eigenvalue weighted by atomic mass is 16.5. The van der Waals surface area contributed by atoms with E-state index < -0.39 is 5.92 Å². The molecule has 0 bridgehead atoms. The van der Waals surface area contributed by atoms with Crippen LogP contribution in [-0.2, 0) is 16.2 Å². The van der Waals surface area contributed by atoms with Crippen molar-refractivity contribution in [2.45, 2.75) is 45.6 Å². The molecule has 5 rings (SSSR count). The number of amides is 1. The summed E-state index contributed by atoms with van der Waals surface area (Å²) in [6, 6.07) is 19.2. The van der Waals surface area contributed by atoms with Gasteiger partial charge in [0.15, 0.2) is 17.3 Å². The van der Waals surface area contributed by atoms with Crippen molar-refractivity contribution in [2.75, 3.05) is 12.4 Å². The van der Waals surface area contributed by atoms with Gasteiger partial charge in [-0.3, -0.25) is 9.59 Å². The SMILES string of the molecule is COc1cc(C2C(C(=O)Nc3cc(C)ccn3)=C(C)NC3=C2C(=O)CCC3)ccc1OCc1ccccc1. The van der Waals surface area contributed by atoms with Gasteiger partial charge in [0, 0.05) is 41.1 Å². The van der Waals surface area contributed by atoms with Crippen molar-refractivity contribution in [3.8, 4) is 11.5 Å². The van der Waals surface area contributed by atoms with Crippen molar-refractivity contribution in [3.05, 3.63) is 106 Å². The Morgan fingerprint density at radius 2 is 1.87 bits per heavy atom. The van der Waals surface area contributed by atoms with Gasteiger partial charge in [0.05, 0.1) is 7.11 Å². The number of nitrogens with zero attached hydrogens (tertiary/aromatic N) is 1. The first-order chi connectivity index (χ1) is 18.4. The smallest absolute Gasteiger partial charge is 0.255 e. The lowest BCUT2D eigenvalue weighted by molar-refractivity contribution is -0.116. The Bertz CT molecular complexity index is 1440. The highest BCUT2D eigenvalue weighted by molar-refractivity contribution is 6.09. The molecule has 2 N–H and O–H groups in total. The van der Waals surface area contributed by atoms with Crippen LogP contribution >= 0.6 is 0 Å². The van der Waals surface area contributed by atoms with Crippen LogP contribution in [0.4, 0.5) is 5.82 Å². The number of aryl methyl sites for hydroxylation is 1. The summed E-state index contributed by atoms with van der Waals surface area (Å²) in [6.07, 6.45) is 3.67. The summed E-state index contributed by atoms with van der Waals surface area (Å²) in [5, 5.41) is 6.29. The molecule has 0 saturated carbocycles. The number of ketones is 1. The Balaban J connectivity index is 1.52. The van der Waals surface area contributed by atoms with Gasteiger partial charge in [0.2, 0.25) is 0 Å². The number of anilines is 1. The lowest BCUT2D eigenvalue weighted by Crippen LogP contribution is -2.35. The number of Topliss-reactive ketones (excluding diaryl/α,β-unsaturated/α-hetero) is 1. The van der Waals surface area contributed by atoms with Crippen LogP contribution in [0.25, 0.3) is 0 Å². The third-order valence-corrected chi connectivity index (χ3v) is 6.94. The predicted molar refractivity (Wildman–Crippen MR) is 146 cm³/mol. The van der Waals surface area contributed by atoms with Gasteiger partial charge < -0.3 is 20.1 Å². The largest absolute Gasteiger partial charge is 0.493 e. The standard InChI is InChI=1S/C31H31N3O4/c1-19-14-15-32-27(16-19)34-31(36)28-20(2)33-23-10-7-11-24(35)30(23)29(28)22-12-13-25(26(17-22)37-3)38-18-21-8-5-4-6-9-21/h4-6,8-9,12-17,29,33H,7,10-11,18H2,1-3H3,(H,32,34,36). The molecule has 1 atom stereocenters. The second kappa shape index (κ2) is 10.9. The number of methoxy groups -OCH3 is 1. The van der Waals surface area contributed by atoms with Crippen LogP contribution in [0.1, 0.15) is 48.8 Å². The maximum atomic E-state index is 13.7. The molecular weight excluding hydrogens is 478 g/mol. The Hall–Kier alpha value is -4.39. The van der Waals surface area contributed by atoms with E-state index in [1.807, 2.05) is 74.5 Å². The number of hydrogen-bond acceptors (Lipinski definition) is 6. The fourth-order valence-corrected chi connectivity index (χ4v) is 5.12. The second-order valence-corrected chi connectivity index (χ2v) is 9.62. The molecule has 0 spiro atoms. The fraction of sp³-hybridized carbons (Fsp3) is 0.258. The first-order valence-electron chi connectivity index (χ1n) is 12.8. The molecule has 7 heteroatoms. The lowest BCUT2D eigenvalue weighted by atomic mass is 9.75. The molecule has 0 saturated heterocycles. The number of ether oxygens (including phenoxy) is 2. The summed E-state index contributed by atoms with van der Waals surface area (Å²) in [7, 11) is 1.59. The van der Waals surface area contributed by atoms with E-state index in [0.29, 0.717) is 41.5 Å². The molecule has 1 aromatic heterocycles. The summed E-state index contributed by atoms with van der Waals surface area (Å²) in [4.78, 5) is 31.2. The molecule has 2 aromatic carbocycles. The molecule has 0 fully saturated rings. The number of allylic oxidation sites excluding steroid dienone is 3. The van der Waals surface area contributed by atoms with Crippen molar-refractivity contribution >= 4 is 17.5 Å². The number of rotatable bonds is 7. The minimum Gasteiger partial charge on any atom is -0.493 e. The van der Waals surface area contributed by atoms with Gasteiger partial charge >= 0.3 is 0 Å². The van der Waals surface area contributed by atoms with E-state index in [0.717, 1.165) is 40.9 Å². The van der Waals surface area contributed by atoms with Gasteiger partial charge in [0.25, 0.3) is 5.91 Å². The Kier molecular flexibility index (Phi) is 7.26. The monoisotopic (exact) mass is 509 g/mol. The number of dihydropyridines is 1. The van der Waals surface area contributed by atoms with Gasteiger partial charge in [0.1, 0.15) is 12.4 Å². The van der Waals surface area contributed by atoms with E-state index in [1.165, 1.54) is 0 Å². The zero-order valence-electron chi connectivity index (χ0n) is 21.8. The number of carbonyl (C=O) groups excluding carboxylic acids is 2. The van der Waals surface area contributed by atoms with Crippen LogP contribution in [0.15, 0.2) is 89.4 Å². The number of aromatic nitrogens is 1. The first-order valence-corrected chi connectivity index (χ1v) is 12.8. The Labute approximate surface area is 222 Å². The predicted octanol–water partition coefficient (Wildman–Crippen LogP) is 5.58. The minimum absolute atomic E-state index is 0.0543. The van der Waals surface area contributed by atoms with Crippen LogP contribution in [0.2, 0.25) is 0 Å². The molecule has 1 aliphatic heterocycles. The molecule has 38 heavy (non-hydrogen) atoms. The summed E-state index contributed by atoms with van der Waals surface area (Å²) < 4.78 is 11.7. The topological polar surface area (TPSA) is 89.5 Å². The van der Waals surface area contributed by atoms with E-state index in [9.17, 15) is 9.59 Å². The molecular formula is C31H31N3O4. The summed E-state index contributed by atoms with van der Waals surface area (Å²) in [5.74, 6) is 0.811.